The lowest BCUT2D eigenvalue weighted by Crippen LogP contribution is -2.34. The van der Waals surface area contributed by atoms with Crippen LogP contribution in [-0.2, 0) is 23.9 Å². The van der Waals surface area contributed by atoms with Crippen molar-refractivity contribution in [1.29, 1.82) is 0 Å². The van der Waals surface area contributed by atoms with Crippen LogP contribution in [0.25, 0.3) is 0 Å². The molecule has 1 aliphatic rings. The van der Waals surface area contributed by atoms with Crippen molar-refractivity contribution >= 4 is 17.8 Å². The number of amides is 1. The number of ether oxygens (including phenoxy) is 2. The molecule has 0 bridgehead atoms. The van der Waals surface area contributed by atoms with Crippen LogP contribution in [0.2, 0.25) is 0 Å². The molecule has 0 N–H and O–H groups in total. The number of methoxy groups -OCH3 is 1. The van der Waals surface area contributed by atoms with Gasteiger partial charge in [0.25, 0.3) is 0 Å². The van der Waals surface area contributed by atoms with Gasteiger partial charge in [0.2, 0.25) is 5.91 Å². The van der Waals surface area contributed by atoms with Crippen molar-refractivity contribution in [2.75, 3.05) is 26.8 Å². The van der Waals surface area contributed by atoms with Gasteiger partial charge in [-0.2, -0.15) is 0 Å². The minimum atomic E-state index is -0.621. The van der Waals surface area contributed by atoms with E-state index < -0.39 is 11.9 Å². The van der Waals surface area contributed by atoms with Gasteiger partial charge in [-0.25, -0.2) is 0 Å². The zero-order valence-corrected chi connectivity index (χ0v) is 10.6. The van der Waals surface area contributed by atoms with E-state index in [2.05, 4.69) is 4.74 Å². The zero-order chi connectivity index (χ0) is 13.4. The lowest BCUT2D eigenvalue weighted by Gasteiger charge is -2.19. The fourth-order valence-corrected chi connectivity index (χ4v) is 1.79. The van der Waals surface area contributed by atoms with E-state index in [1.54, 1.807) is 4.90 Å². The summed E-state index contributed by atoms with van der Waals surface area (Å²) in [5.74, 6) is -1.13. The average molecular weight is 257 g/mol. The molecule has 1 fully saturated rings. The molecule has 1 rings (SSSR count). The van der Waals surface area contributed by atoms with E-state index in [1.165, 1.54) is 7.11 Å². The van der Waals surface area contributed by atoms with Crippen LogP contribution >= 0.6 is 0 Å². The van der Waals surface area contributed by atoms with E-state index >= 15 is 0 Å². The first-order chi connectivity index (χ1) is 8.63. The highest BCUT2D eigenvalue weighted by Gasteiger charge is 2.17. The van der Waals surface area contributed by atoms with E-state index in [0.717, 1.165) is 19.3 Å². The largest absolute Gasteiger partial charge is 0.469 e. The van der Waals surface area contributed by atoms with Gasteiger partial charge in [0, 0.05) is 13.0 Å². The van der Waals surface area contributed by atoms with Gasteiger partial charge in [-0.15, -0.1) is 0 Å². The first kappa shape index (κ1) is 14.5. The van der Waals surface area contributed by atoms with Crippen LogP contribution in [0.15, 0.2) is 0 Å². The van der Waals surface area contributed by atoms with Gasteiger partial charge < -0.3 is 14.4 Å². The van der Waals surface area contributed by atoms with Gasteiger partial charge in [0.1, 0.15) is 13.0 Å². The van der Waals surface area contributed by atoms with Gasteiger partial charge in [-0.3, -0.25) is 14.4 Å². The fourth-order valence-electron chi connectivity index (χ4n) is 1.79. The topological polar surface area (TPSA) is 72.9 Å². The number of likely N-dealkylation sites (tertiary alicyclic amines) is 1. The highest BCUT2D eigenvalue weighted by molar-refractivity contribution is 5.91. The second-order valence-electron chi connectivity index (χ2n) is 4.16. The Morgan fingerprint density at radius 3 is 2.72 bits per heavy atom. The molecule has 18 heavy (non-hydrogen) atoms. The summed E-state index contributed by atoms with van der Waals surface area (Å²) in [5, 5.41) is 0. The van der Waals surface area contributed by atoms with Crippen LogP contribution in [0.3, 0.4) is 0 Å². The Morgan fingerprint density at radius 1 is 1.22 bits per heavy atom. The molecule has 0 saturated carbocycles. The van der Waals surface area contributed by atoms with E-state index in [4.69, 9.17) is 4.74 Å². The first-order valence-corrected chi connectivity index (χ1v) is 6.13. The van der Waals surface area contributed by atoms with Crippen molar-refractivity contribution in [3.05, 3.63) is 0 Å². The Hall–Kier alpha value is -1.59. The molecule has 6 heteroatoms. The predicted octanol–water partition coefficient (Wildman–Crippen LogP) is 0.495. The number of hydrogen-bond donors (Lipinski definition) is 0. The van der Waals surface area contributed by atoms with E-state index in [0.29, 0.717) is 19.5 Å². The smallest absolute Gasteiger partial charge is 0.317 e. The molecule has 1 heterocycles. The summed E-state index contributed by atoms with van der Waals surface area (Å²) in [5.41, 5.74) is 0. The number of esters is 2. The standard InChI is InChI=1S/C12H19NO5/c1-17-11(15)9-12(16)18-8-7-13-6-4-2-3-5-10(13)14/h2-9H2,1H3. The van der Waals surface area contributed by atoms with Crippen molar-refractivity contribution in [1.82, 2.24) is 4.90 Å². The van der Waals surface area contributed by atoms with Crippen LogP contribution in [-0.4, -0.2) is 49.6 Å². The molecule has 0 aromatic carbocycles. The molecule has 1 aliphatic heterocycles. The zero-order valence-electron chi connectivity index (χ0n) is 10.6. The van der Waals surface area contributed by atoms with Gasteiger partial charge >= 0.3 is 11.9 Å². The molecule has 0 aromatic rings. The number of nitrogens with zero attached hydrogens (tertiary/aromatic N) is 1. The van der Waals surface area contributed by atoms with Gasteiger partial charge in [-0.1, -0.05) is 6.42 Å². The highest BCUT2D eigenvalue weighted by Crippen LogP contribution is 2.10. The Kier molecular flexibility index (Phi) is 6.18. The molecule has 1 amide bonds. The van der Waals surface area contributed by atoms with Crippen LogP contribution in [0.5, 0.6) is 0 Å². The lowest BCUT2D eigenvalue weighted by molar-refractivity contribution is -0.154. The SMILES string of the molecule is COC(=O)CC(=O)OCCN1CCCCCC1=O. The summed E-state index contributed by atoms with van der Waals surface area (Å²) in [7, 11) is 1.21. The summed E-state index contributed by atoms with van der Waals surface area (Å²) in [6.45, 7) is 1.24. The van der Waals surface area contributed by atoms with Crippen LogP contribution in [0.1, 0.15) is 32.1 Å². The summed E-state index contributed by atoms with van der Waals surface area (Å²) in [4.78, 5) is 35.3. The second kappa shape index (κ2) is 7.68. The van der Waals surface area contributed by atoms with Crippen molar-refractivity contribution < 1.29 is 23.9 Å². The molecule has 0 unspecified atom stereocenters. The minimum absolute atomic E-state index is 0.108. The molecule has 6 nitrogen and oxygen atoms in total. The number of carbonyl (C=O) groups excluding carboxylic acids is 3. The third-order valence-electron chi connectivity index (χ3n) is 2.81. The number of rotatable bonds is 5. The molecule has 0 radical (unpaired) electrons. The molecular weight excluding hydrogens is 238 g/mol. The maximum absolute atomic E-state index is 11.6. The number of carbonyl (C=O) groups is 3. The molecule has 1 saturated heterocycles. The quantitative estimate of drug-likeness (QED) is 0.529. The molecule has 0 aromatic heterocycles. The van der Waals surface area contributed by atoms with Gasteiger partial charge in [-0.05, 0) is 12.8 Å². The van der Waals surface area contributed by atoms with Crippen molar-refractivity contribution in [3.8, 4) is 0 Å². The molecule has 0 aliphatic carbocycles. The minimum Gasteiger partial charge on any atom is -0.469 e. The average Bonchev–Trinajstić information content (AvgIpc) is 2.54. The summed E-state index contributed by atoms with van der Waals surface area (Å²) >= 11 is 0. The van der Waals surface area contributed by atoms with Crippen LogP contribution in [0, 0.1) is 0 Å². The fraction of sp³-hybridized carbons (Fsp3) is 0.750. The summed E-state index contributed by atoms with van der Waals surface area (Å²) in [6.07, 6.45) is 3.16. The third-order valence-corrected chi connectivity index (χ3v) is 2.81. The van der Waals surface area contributed by atoms with E-state index in [-0.39, 0.29) is 18.9 Å². The normalized spacial score (nSPS) is 16.1. The van der Waals surface area contributed by atoms with E-state index in [9.17, 15) is 14.4 Å². The Balaban J connectivity index is 2.21. The maximum atomic E-state index is 11.6. The second-order valence-corrected chi connectivity index (χ2v) is 4.16. The van der Waals surface area contributed by atoms with Crippen LogP contribution in [0.4, 0.5) is 0 Å². The third kappa shape index (κ3) is 5.16. The monoisotopic (exact) mass is 257 g/mol. The Bertz CT molecular complexity index is 316. The predicted molar refractivity (Wildman–Crippen MR) is 62.6 cm³/mol. The molecular formula is C12H19NO5. The van der Waals surface area contributed by atoms with Gasteiger partial charge in [0.15, 0.2) is 0 Å². The summed E-state index contributed by atoms with van der Waals surface area (Å²) in [6, 6.07) is 0. The number of hydrogen-bond acceptors (Lipinski definition) is 5. The maximum Gasteiger partial charge on any atom is 0.317 e. The van der Waals surface area contributed by atoms with Crippen molar-refractivity contribution in [3.63, 3.8) is 0 Å². The van der Waals surface area contributed by atoms with Crippen LogP contribution < -0.4 is 0 Å². The lowest BCUT2D eigenvalue weighted by atomic mass is 10.2. The van der Waals surface area contributed by atoms with Gasteiger partial charge in [0.05, 0.1) is 13.7 Å². The van der Waals surface area contributed by atoms with Crippen molar-refractivity contribution in [2.24, 2.45) is 0 Å². The first-order valence-electron chi connectivity index (χ1n) is 6.13. The Morgan fingerprint density at radius 2 is 2.00 bits per heavy atom. The Labute approximate surface area is 106 Å². The molecule has 102 valence electrons. The molecule has 0 atom stereocenters. The highest BCUT2D eigenvalue weighted by atomic mass is 16.5. The molecule has 0 spiro atoms. The van der Waals surface area contributed by atoms with E-state index in [1.807, 2.05) is 0 Å². The van der Waals surface area contributed by atoms with Crippen molar-refractivity contribution in [2.45, 2.75) is 32.1 Å². The summed E-state index contributed by atoms with van der Waals surface area (Å²) < 4.78 is 9.22.